The third-order valence-electron chi connectivity index (χ3n) is 4.25. The fourth-order valence-electron chi connectivity index (χ4n) is 2.95. The number of hydrogen-bond donors (Lipinski definition) is 1. The van der Waals surface area contributed by atoms with Gasteiger partial charge in [-0.1, -0.05) is 24.7 Å². The number of aromatic nitrogens is 2. The Morgan fingerprint density at radius 2 is 2.15 bits per heavy atom. The third-order valence-corrected chi connectivity index (χ3v) is 6.33. The molecule has 0 radical (unpaired) electrons. The zero-order chi connectivity index (χ0) is 18.7. The van der Waals surface area contributed by atoms with Crippen molar-refractivity contribution in [3.63, 3.8) is 0 Å². The molecule has 1 aliphatic rings. The minimum Gasteiger partial charge on any atom is -0.296 e. The molecule has 3 rings (SSSR count). The third kappa shape index (κ3) is 4.21. The highest BCUT2D eigenvalue weighted by atomic mass is 32.2. The van der Waals surface area contributed by atoms with Crippen LogP contribution in [0.1, 0.15) is 47.1 Å². The van der Waals surface area contributed by atoms with E-state index in [1.54, 1.807) is 18.2 Å². The molecule has 1 amide bonds. The number of sulfonamides is 1. The minimum atomic E-state index is -3.31. The van der Waals surface area contributed by atoms with E-state index < -0.39 is 10.0 Å². The van der Waals surface area contributed by atoms with Crippen molar-refractivity contribution in [3.8, 4) is 0 Å². The number of unbranched alkanes of at least 4 members (excludes halogenated alkanes) is 1. The van der Waals surface area contributed by atoms with E-state index in [0.29, 0.717) is 22.9 Å². The van der Waals surface area contributed by atoms with Crippen LogP contribution in [-0.4, -0.2) is 37.3 Å². The Morgan fingerprint density at radius 3 is 2.88 bits per heavy atom. The summed E-state index contributed by atoms with van der Waals surface area (Å²) in [5.74, 6) is -0.262. The number of anilines is 2. The SMILES string of the molecule is CCCCc1nnc(NC(=O)c2ccc3c(c2)CCCN3S(C)(=O)=O)s1. The molecule has 0 saturated heterocycles. The number of carbonyl (C=O) groups is 1. The predicted molar refractivity (Wildman–Crippen MR) is 103 cm³/mol. The van der Waals surface area contributed by atoms with E-state index in [0.717, 1.165) is 42.7 Å². The Hall–Kier alpha value is -2.00. The summed E-state index contributed by atoms with van der Waals surface area (Å²) in [4.78, 5) is 12.5. The van der Waals surface area contributed by atoms with Gasteiger partial charge in [-0.3, -0.25) is 14.4 Å². The number of aryl methyl sites for hydroxylation is 2. The standard InChI is InChI=1S/C17H22N4O3S2/c1-3-4-7-15-19-20-17(25-15)18-16(22)13-8-9-14-12(11-13)6-5-10-21(14)26(2,23)24/h8-9,11H,3-7,10H2,1-2H3,(H,18,20,22). The predicted octanol–water partition coefficient (Wildman–Crippen LogP) is 2.85. The van der Waals surface area contributed by atoms with Gasteiger partial charge >= 0.3 is 0 Å². The molecule has 1 aromatic carbocycles. The van der Waals surface area contributed by atoms with Crippen molar-refractivity contribution in [3.05, 3.63) is 34.3 Å². The average Bonchev–Trinajstić information content (AvgIpc) is 3.05. The number of nitrogens with one attached hydrogen (secondary N) is 1. The largest absolute Gasteiger partial charge is 0.296 e. The first-order chi connectivity index (χ1) is 12.4. The molecule has 7 nitrogen and oxygen atoms in total. The van der Waals surface area contributed by atoms with Crippen molar-refractivity contribution in [2.45, 2.75) is 39.0 Å². The average molecular weight is 395 g/mol. The van der Waals surface area contributed by atoms with Crippen molar-refractivity contribution < 1.29 is 13.2 Å². The highest BCUT2D eigenvalue weighted by Gasteiger charge is 2.24. The number of benzene rings is 1. The van der Waals surface area contributed by atoms with Crippen LogP contribution < -0.4 is 9.62 Å². The number of nitrogens with zero attached hydrogens (tertiary/aromatic N) is 3. The van der Waals surface area contributed by atoms with Crippen LogP contribution in [0.4, 0.5) is 10.8 Å². The van der Waals surface area contributed by atoms with E-state index in [-0.39, 0.29) is 5.91 Å². The molecule has 140 valence electrons. The summed E-state index contributed by atoms with van der Waals surface area (Å²) in [7, 11) is -3.31. The second-order valence-electron chi connectivity index (χ2n) is 6.34. The van der Waals surface area contributed by atoms with Gasteiger partial charge in [0, 0.05) is 18.5 Å². The van der Waals surface area contributed by atoms with Crippen LogP contribution in [0.15, 0.2) is 18.2 Å². The van der Waals surface area contributed by atoms with Crippen LogP contribution in [0.5, 0.6) is 0 Å². The van der Waals surface area contributed by atoms with Crippen LogP contribution in [-0.2, 0) is 22.9 Å². The molecular formula is C17H22N4O3S2. The molecule has 1 aliphatic heterocycles. The monoisotopic (exact) mass is 394 g/mol. The van der Waals surface area contributed by atoms with E-state index >= 15 is 0 Å². The smallest absolute Gasteiger partial charge is 0.257 e. The molecule has 0 fully saturated rings. The van der Waals surface area contributed by atoms with Gasteiger partial charge in [-0.15, -0.1) is 10.2 Å². The number of hydrogen-bond acceptors (Lipinski definition) is 6. The molecule has 0 spiro atoms. The second kappa shape index (κ2) is 7.71. The van der Waals surface area contributed by atoms with Gasteiger partial charge < -0.3 is 0 Å². The van der Waals surface area contributed by atoms with Crippen molar-refractivity contribution in [1.29, 1.82) is 0 Å². The van der Waals surface area contributed by atoms with Crippen molar-refractivity contribution in [2.75, 3.05) is 22.4 Å². The molecule has 0 aliphatic carbocycles. The molecule has 2 aromatic rings. The Bertz CT molecular complexity index is 908. The first-order valence-corrected chi connectivity index (χ1v) is 11.3. The van der Waals surface area contributed by atoms with E-state index in [4.69, 9.17) is 0 Å². The van der Waals surface area contributed by atoms with E-state index in [1.165, 1.54) is 21.9 Å². The summed E-state index contributed by atoms with van der Waals surface area (Å²) in [6, 6.07) is 5.12. The van der Waals surface area contributed by atoms with Crippen molar-refractivity contribution in [2.24, 2.45) is 0 Å². The molecular weight excluding hydrogens is 372 g/mol. The Balaban J connectivity index is 1.76. The van der Waals surface area contributed by atoms with Crippen molar-refractivity contribution in [1.82, 2.24) is 10.2 Å². The van der Waals surface area contributed by atoms with Crippen LogP contribution in [0.3, 0.4) is 0 Å². The second-order valence-corrected chi connectivity index (χ2v) is 9.31. The maximum Gasteiger partial charge on any atom is 0.257 e. The molecule has 0 atom stereocenters. The summed E-state index contributed by atoms with van der Waals surface area (Å²) in [6.45, 7) is 2.59. The molecule has 1 aromatic heterocycles. The van der Waals surface area contributed by atoms with Crippen LogP contribution >= 0.6 is 11.3 Å². The van der Waals surface area contributed by atoms with Crippen LogP contribution in [0.25, 0.3) is 0 Å². The summed E-state index contributed by atoms with van der Waals surface area (Å²) < 4.78 is 25.2. The zero-order valence-electron chi connectivity index (χ0n) is 14.9. The van der Waals surface area contributed by atoms with Gasteiger partial charge in [0.05, 0.1) is 11.9 Å². The summed E-state index contributed by atoms with van der Waals surface area (Å²) in [5, 5.41) is 12.3. The molecule has 1 N–H and O–H groups in total. The lowest BCUT2D eigenvalue weighted by atomic mass is 10.0. The Morgan fingerprint density at radius 1 is 1.35 bits per heavy atom. The van der Waals surface area contributed by atoms with E-state index in [9.17, 15) is 13.2 Å². The lowest BCUT2D eigenvalue weighted by Crippen LogP contribution is -2.34. The molecule has 0 saturated carbocycles. The van der Waals surface area contributed by atoms with E-state index in [1.807, 2.05) is 0 Å². The molecule has 0 bridgehead atoms. The Kier molecular flexibility index (Phi) is 5.57. The van der Waals surface area contributed by atoms with Gasteiger partial charge in [0.2, 0.25) is 15.2 Å². The Labute approximate surface area is 157 Å². The maximum absolute atomic E-state index is 12.5. The lowest BCUT2D eigenvalue weighted by molar-refractivity contribution is 0.102. The van der Waals surface area contributed by atoms with Gasteiger partial charge in [0.25, 0.3) is 5.91 Å². The summed E-state index contributed by atoms with van der Waals surface area (Å²) in [5.41, 5.74) is 2.02. The maximum atomic E-state index is 12.5. The van der Waals surface area contributed by atoms with Gasteiger partial charge in [0.15, 0.2) is 0 Å². The van der Waals surface area contributed by atoms with Crippen molar-refractivity contribution >= 4 is 38.1 Å². The fourth-order valence-corrected chi connectivity index (χ4v) is 4.72. The molecule has 9 heteroatoms. The first-order valence-electron chi connectivity index (χ1n) is 8.63. The zero-order valence-corrected chi connectivity index (χ0v) is 16.5. The van der Waals surface area contributed by atoms with E-state index in [2.05, 4.69) is 22.4 Å². The van der Waals surface area contributed by atoms with Crippen LogP contribution in [0, 0.1) is 0 Å². The molecule has 0 unspecified atom stereocenters. The molecule has 26 heavy (non-hydrogen) atoms. The highest BCUT2D eigenvalue weighted by Crippen LogP contribution is 2.30. The molecule has 2 heterocycles. The van der Waals surface area contributed by atoms with Gasteiger partial charge in [-0.2, -0.15) is 0 Å². The number of rotatable bonds is 6. The number of carbonyl (C=O) groups excluding carboxylic acids is 1. The van der Waals surface area contributed by atoms with Gasteiger partial charge in [0.1, 0.15) is 5.01 Å². The quantitative estimate of drug-likeness (QED) is 0.813. The van der Waals surface area contributed by atoms with Gasteiger partial charge in [-0.05, 0) is 43.0 Å². The topological polar surface area (TPSA) is 92.3 Å². The first kappa shape index (κ1) is 18.8. The number of fused-ring (bicyclic) bond motifs is 1. The summed E-state index contributed by atoms with van der Waals surface area (Å²) >= 11 is 1.39. The van der Waals surface area contributed by atoms with Gasteiger partial charge in [-0.25, -0.2) is 8.42 Å². The normalized spacial score (nSPS) is 14.2. The highest BCUT2D eigenvalue weighted by molar-refractivity contribution is 7.92. The minimum absolute atomic E-state index is 0.262. The fraction of sp³-hybridized carbons (Fsp3) is 0.471. The number of amides is 1. The lowest BCUT2D eigenvalue weighted by Gasteiger charge is -2.29. The summed E-state index contributed by atoms with van der Waals surface area (Å²) in [6.07, 6.45) is 5.69. The van der Waals surface area contributed by atoms with Crippen LogP contribution in [0.2, 0.25) is 0 Å².